The third-order valence-corrected chi connectivity index (χ3v) is 4.33. The fourth-order valence-corrected chi connectivity index (χ4v) is 3.16. The summed E-state index contributed by atoms with van der Waals surface area (Å²) in [6.07, 6.45) is 2.14. The van der Waals surface area contributed by atoms with E-state index < -0.39 is 11.6 Å². The molecule has 1 aromatic carbocycles. The standard InChI is InChI=1S/C19H13F2NO2/c1-3-14-16-9(2)11-5-6-13(23)17(21)19(11)22-18(16)12-8-10(20)4-7-15(12)24-14/h3-4,7-8,23H,1-2,5-6H2. The quantitative estimate of drug-likeness (QED) is 0.876. The molecule has 0 bridgehead atoms. The lowest BCUT2D eigenvalue weighted by atomic mass is 9.93. The Balaban J connectivity index is 2.18. The molecule has 0 unspecified atom stereocenters. The topological polar surface area (TPSA) is 42.4 Å². The maximum absolute atomic E-state index is 14.4. The minimum Gasteiger partial charge on any atom is -0.509 e. The first-order valence-electron chi connectivity index (χ1n) is 7.45. The minimum absolute atomic E-state index is 0.0584. The van der Waals surface area contributed by atoms with Gasteiger partial charge in [-0.15, -0.1) is 0 Å². The van der Waals surface area contributed by atoms with Gasteiger partial charge in [0.25, 0.3) is 0 Å². The number of aliphatic hydroxyl groups is 1. The average molecular weight is 325 g/mol. The molecule has 0 atom stereocenters. The second-order valence-corrected chi connectivity index (χ2v) is 5.71. The van der Waals surface area contributed by atoms with Crippen molar-refractivity contribution < 1.29 is 18.6 Å². The molecule has 3 nitrogen and oxygen atoms in total. The highest BCUT2D eigenvalue weighted by Crippen LogP contribution is 2.35. The van der Waals surface area contributed by atoms with Crippen molar-refractivity contribution in [1.29, 1.82) is 0 Å². The Labute approximate surface area is 136 Å². The summed E-state index contributed by atoms with van der Waals surface area (Å²) in [7, 11) is 0. The molecule has 24 heavy (non-hydrogen) atoms. The number of allylic oxidation sites excluding steroid dienone is 1. The van der Waals surface area contributed by atoms with Crippen LogP contribution in [0.25, 0.3) is 29.4 Å². The summed E-state index contributed by atoms with van der Waals surface area (Å²) in [4.78, 5) is 4.38. The Morgan fingerprint density at radius 1 is 1.21 bits per heavy atom. The largest absolute Gasteiger partial charge is 0.509 e. The second-order valence-electron chi connectivity index (χ2n) is 5.71. The van der Waals surface area contributed by atoms with Crippen LogP contribution in [0.2, 0.25) is 0 Å². The van der Waals surface area contributed by atoms with Crippen LogP contribution in [0.1, 0.15) is 17.7 Å². The van der Waals surface area contributed by atoms with Crippen LogP contribution < -0.4 is 15.2 Å². The van der Waals surface area contributed by atoms with E-state index in [1.165, 1.54) is 24.3 Å². The third-order valence-electron chi connectivity index (χ3n) is 4.33. The summed E-state index contributed by atoms with van der Waals surface area (Å²) >= 11 is 0. The van der Waals surface area contributed by atoms with Gasteiger partial charge in [-0.2, -0.15) is 0 Å². The van der Waals surface area contributed by atoms with Crippen LogP contribution in [0.4, 0.5) is 8.78 Å². The van der Waals surface area contributed by atoms with E-state index in [4.69, 9.17) is 4.74 Å². The smallest absolute Gasteiger partial charge is 0.186 e. The summed E-state index contributed by atoms with van der Waals surface area (Å²) in [5.74, 6) is -0.671. The molecule has 5 heteroatoms. The van der Waals surface area contributed by atoms with Crippen LogP contribution in [0.5, 0.6) is 5.75 Å². The number of rotatable bonds is 1. The number of hydrogen-bond acceptors (Lipinski definition) is 3. The molecule has 2 aliphatic rings. The number of nitrogens with zero attached hydrogens (tertiary/aromatic N) is 1. The van der Waals surface area contributed by atoms with Gasteiger partial charge in [0.05, 0.1) is 10.9 Å². The summed E-state index contributed by atoms with van der Waals surface area (Å²) in [6, 6.07) is 4.06. The van der Waals surface area contributed by atoms with Crippen molar-refractivity contribution in [3.63, 3.8) is 0 Å². The van der Waals surface area contributed by atoms with E-state index in [0.717, 1.165) is 0 Å². The number of benzene rings is 1. The van der Waals surface area contributed by atoms with Gasteiger partial charge in [0.1, 0.15) is 28.8 Å². The minimum atomic E-state index is -0.756. The zero-order valence-corrected chi connectivity index (χ0v) is 12.7. The van der Waals surface area contributed by atoms with Crippen LogP contribution in [-0.4, -0.2) is 10.1 Å². The Kier molecular flexibility index (Phi) is 3.06. The van der Waals surface area contributed by atoms with Gasteiger partial charge >= 0.3 is 0 Å². The highest BCUT2D eigenvalue weighted by molar-refractivity contribution is 5.78. The van der Waals surface area contributed by atoms with Crippen LogP contribution in [0.3, 0.4) is 0 Å². The first-order valence-corrected chi connectivity index (χ1v) is 7.45. The van der Waals surface area contributed by atoms with Gasteiger partial charge in [-0.05, 0) is 41.5 Å². The van der Waals surface area contributed by atoms with Gasteiger partial charge in [-0.1, -0.05) is 13.2 Å². The van der Waals surface area contributed by atoms with Gasteiger partial charge < -0.3 is 9.84 Å². The fraction of sp³-hybridized carbons (Fsp3) is 0.105. The molecule has 0 spiro atoms. The van der Waals surface area contributed by atoms with Gasteiger partial charge in [-0.3, -0.25) is 0 Å². The zero-order valence-electron chi connectivity index (χ0n) is 12.7. The fourth-order valence-electron chi connectivity index (χ4n) is 3.16. The maximum Gasteiger partial charge on any atom is 0.186 e. The summed E-state index contributed by atoms with van der Waals surface area (Å²) in [6.45, 7) is 7.79. The number of fused-ring (bicyclic) bond motifs is 4. The molecule has 0 radical (unpaired) electrons. The molecule has 0 saturated carbocycles. The highest BCUT2D eigenvalue weighted by atomic mass is 19.1. The Morgan fingerprint density at radius 2 is 2.00 bits per heavy atom. The van der Waals surface area contributed by atoms with Crippen LogP contribution in [-0.2, 0) is 6.42 Å². The maximum atomic E-state index is 14.4. The molecule has 2 aromatic rings. The lowest BCUT2D eigenvalue weighted by molar-refractivity contribution is 0.376. The molecular weight excluding hydrogens is 312 g/mol. The van der Waals surface area contributed by atoms with Crippen LogP contribution in [0.15, 0.2) is 36.6 Å². The van der Waals surface area contributed by atoms with E-state index in [9.17, 15) is 13.9 Å². The van der Waals surface area contributed by atoms with Gasteiger partial charge in [-0.25, -0.2) is 13.8 Å². The first kappa shape index (κ1) is 14.6. The van der Waals surface area contributed by atoms with Gasteiger partial charge in [0.15, 0.2) is 5.83 Å². The summed E-state index contributed by atoms with van der Waals surface area (Å²) in [5.41, 5.74) is 1.47. The number of aliphatic hydroxyl groups excluding tert-OH is 1. The third kappa shape index (κ3) is 1.91. The van der Waals surface area contributed by atoms with Crippen molar-refractivity contribution in [2.45, 2.75) is 12.8 Å². The normalized spacial score (nSPS) is 15.3. The molecule has 0 amide bonds. The lowest BCUT2D eigenvalue weighted by Gasteiger charge is -2.22. The van der Waals surface area contributed by atoms with Crippen LogP contribution >= 0.6 is 0 Å². The molecule has 0 saturated heterocycles. The second kappa shape index (κ2) is 5.03. The van der Waals surface area contributed by atoms with Crippen molar-refractivity contribution in [3.8, 4) is 17.0 Å². The summed E-state index contributed by atoms with van der Waals surface area (Å²) < 4.78 is 33.8. The molecule has 1 aliphatic carbocycles. The highest BCUT2D eigenvalue weighted by Gasteiger charge is 2.27. The van der Waals surface area contributed by atoms with E-state index >= 15 is 0 Å². The number of pyridine rings is 1. The van der Waals surface area contributed by atoms with Crippen molar-refractivity contribution >= 4 is 18.2 Å². The Hall–Kier alpha value is -2.95. The molecule has 1 N–H and O–H groups in total. The molecule has 2 heterocycles. The van der Waals surface area contributed by atoms with Crippen molar-refractivity contribution in [2.24, 2.45) is 0 Å². The predicted molar refractivity (Wildman–Crippen MR) is 87.6 cm³/mol. The molecule has 1 aliphatic heterocycles. The number of ether oxygens (including phenoxy) is 1. The summed E-state index contributed by atoms with van der Waals surface area (Å²) in [5, 5.41) is 10.8. The van der Waals surface area contributed by atoms with E-state index in [1.54, 1.807) is 0 Å². The van der Waals surface area contributed by atoms with E-state index in [2.05, 4.69) is 18.1 Å². The number of aromatic nitrogens is 1. The van der Waals surface area contributed by atoms with E-state index in [0.29, 0.717) is 45.2 Å². The zero-order chi connectivity index (χ0) is 17.0. The number of halogens is 2. The van der Waals surface area contributed by atoms with Crippen molar-refractivity contribution in [3.05, 3.63) is 64.1 Å². The molecule has 4 rings (SSSR count). The monoisotopic (exact) mass is 325 g/mol. The van der Waals surface area contributed by atoms with E-state index in [-0.39, 0.29) is 17.9 Å². The van der Waals surface area contributed by atoms with Gasteiger partial charge in [0.2, 0.25) is 0 Å². The van der Waals surface area contributed by atoms with E-state index in [1.807, 2.05) is 0 Å². The van der Waals surface area contributed by atoms with Gasteiger partial charge in [0, 0.05) is 12.0 Å². The molecular formula is C19H13F2NO2. The SMILES string of the molecule is C=CC1=c2c(nc3c(c2=C)CCC(O)=C3F)-c2cc(F)ccc2O1. The Morgan fingerprint density at radius 3 is 2.75 bits per heavy atom. The Bertz CT molecular complexity index is 1050. The van der Waals surface area contributed by atoms with Crippen molar-refractivity contribution in [1.82, 2.24) is 4.98 Å². The number of hydrogen-bond donors (Lipinski definition) is 1. The average Bonchev–Trinajstić information content (AvgIpc) is 2.58. The molecule has 1 aromatic heterocycles. The van der Waals surface area contributed by atoms with Crippen molar-refractivity contribution in [2.75, 3.05) is 0 Å². The molecule has 120 valence electrons. The molecule has 0 fully saturated rings. The lowest BCUT2D eigenvalue weighted by Crippen LogP contribution is -2.37. The van der Waals surface area contributed by atoms with Crippen LogP contribution in [0, 0.1) is 5.82 Å². The predicted octanol–water partition coefficient (Wildman–Crippen LogP) is 3.13. The first-order chi connectivity index (χ1) is 11.5.